The molecule has 1 aromatic heterocycles. The van der Waals surface area contributed by atoms with E-state index in [1.165, 1.54) is 6.42 Å². The van der Waals surface area contributed by atoms with E-state index < -0.39 is 0 Å². The third kappa shape index (κ3) is 2.43. The van der Waals surface area contributed by atoms with Crippen molar-refractivity contribution in [3.63, 3.8) is 0 Å². The van der Waals surface area contributed by atoms with Crippen LogP contribution in [0.4, 0.5) is 0 Å². The van der Waals surface area contributed by atoms with Gasteiger partial charge in [-0.2, -0.15) is 0 Å². The van der Waals surface area contributed by atoms with E-state index in [2.05, 4.69) is 20.9 Å². The van der Waals surface area contributed by atoms with E-state index in [0.29, 0.717) is 0 Å². The van der Waals surface area contributed by atoms with Gasteiger partial charge >= 0.3 is 0 Å². The van der Waals surface area contributed by atoms with Crippen LogP contribution in [0.5, 0.6) is 0 Å². The second kappa shape index (κ2) is 4.95. The van der Waals surface area contributed by atoms with E-state index in [0.717, 1.165) is 29.6 Å². The maximum Gasteiger partial charge on any atom is 0.219 e. The second-order valence-corrected chi connectivity index (χ2v) is 4.95. The van der Waals surface area contributed by atoms with E-state index in [4.69, 9.17) is 0 Å². The first-order valence-electron chi connectivity index (χ1n) is 5.57. The molecule has 0 aromatic carbocycles. The Hall–Kier alpha value is -0.900. The zero-order valence-electron chi connectivity index (χ0n) is 9.32. The van der Waals surface area contributed by atoms with Crippen LogP contribution >= 0.6 is 15.9 Å². The van der Waals surface area contributed by atoms with E-state index in [-0.39, 0.29) is 11.9 Å². The Labute approximate surface area is 104 Å². The fraction of sp³-hybridized carbons (Fsp3) is 0.500. The molecule has 0 aliphatic carbocycles. The van der Waals surface area contributed by atoms with Crippen molar-refractivity contribution in [3.05, 3.63) is 28.5 Å². The van der Waals surface area contributed by atoms with Crippen molar-refractivity contribution in [1.29, 1.82) is 0 Å². The van der Waals surface area contributed by atoms with Gasteiger partial charge in [-0.3, -0.25) is 4.79 Å². The first-order chi connectivity index (χ1) is 7.68. The number of halogens is 1. The molecule has 1 fully saturated rings. The normalized spacial score (nSPS) is 20.9. The second-order valence-electron chi connectivity index (χ2n) is 4.14. The summed E-state index contributed by atoms with van der Waals surface area (Å²) in [6, 6.07) is 4.19. The van der Waals surface area contributed by atoms with Crippen LogP contribution < -0.4 is 0 Å². The summed E-state index contributed by atoms with van der Waals surface area (Å²) in [5.41, 5.74) is 1.14. The molecule has 1 saturated heterocycles. The first kappa shape index (κ1) is 11.6. The minimum atomic E-state index is 0.160. The lowest BCUT2D eigenvalue weighted by atomic mass is 9.96. The zero-order chi connectivity index (χ0) is 11.5. The fourth-order valence-corrected chi connectivity index (χ4v) is 2.47. The summed E-state index contributed by atoms with van der Waals surface area (Å²) in [7, 11) is 0. The van der Waals surface area contributed by atoms with Crippen molar-refractivity contribution >= 4 is 21.8 Å². The van der Waals surface area contributed by atoms with E-state index in [9.17, 15) is 4.79 Å². The van der Waals surface area contributed by atoms with Gasteiger partial charge in [0.25, 0.3) is 0 Å². The lowest BCUT2D eigenvalue weighted by Gasteiger charge is -2.35. The average molecular weight is 283 g/mol. The molecule has 0 bridgehead atoms. The van der Waals surface area contributed by atoms with Crippen LogP contribution in [0.3, 0.4) is 0 Å². The molecule has 1 atom stereocenters. The topological polar surface area (TPSA) is 33.2 Å². The highest BCUT2D eigenvalue weighted by Gasteiger charge is 2.25. The first-order valence-corrected chi connectivity index (χ1v) is 6.36. The summed E-state index contributed by atoms with van der Waals surface area (Å²) in [6.07, 6.45) is 5.20. The lowest BCUT2D eigenvalue weighted by Crippen LogP contribution is -2.36. The Morgan fingerprint density at radius 1 is 1.50 bits per heavy atom. The summed E-state index contributed by atoms with van der Waals surface area (Å²) in [5.74, 6) is 0.160. The SMILES string of the molecule is CC(=O)N1CCCC[C@@H]1c1ccc(Br)nc1. The van der Waals surface area contributed by atoms with E-state index >= 15 is 0 Å². The number of rotatable bonds is 1. The minimum absolute atomic E-state index is 0.160. The molecular formula is C12H15BrN2O. The van der Waals surface area contributed by atoms with Crippen molar-refractivity contribution in [2.45, 2.75) is 32.2 Å². The molecule has 16 heavy (non-hydrogen) atoms. The number of piperidine rings is 1. The lowest BCUT2D eigenvalue weighted by molar-refractivity contribution is -0.132. The number of pyridine rings is 1. The number of likely N-dealkylation sites (tertiary alicyclic amines) is 1. The monoisotopic (exact) mass is 282 g/mol. The fourth-order valence-electron chi connectivity index (χ4n) is 2.24. The van der Waals surface area contributed by atoms with Crippen LogP contribution in [0.15, 0.2) is 22.9 Å². The molecule has 3 nitrogen and oxygen atoms in total. The Balaban J connectivity index is 2.23. The maximum atomic E-state index is 11.5. The predicted octanol–water partition coefficient (Wildman–Crippen LogP) is 2.92. The highest BCUT2D eigenvalue weighted by Crippen LogP contribution is 2.30. The van der Waals surface area contributed by atoms with Crippen molar-refractivity contribution < 1.29 is 4.79 Å². The van der Waals surface area contributed by atoms with Crippen molar-refractivity contribution in [1.82, 2.24) is 9.88 Å². The van der Waals surface area contributed by atoms with Crippen molar-refractivity contribution in [2.75, 3.05) is 6.54 Å². The number of amides is 1. The number of nitrogens with zero attached hydrogens (tertiary/aromatic N) is 2. The van der Waals surface area contributed by atoms with Gasteiger partial charge < -0.3 is 4.90 Å². The molecular weight excluding hydrogens is 268 g/mol. The van der Waals surface area contributed by atoms with Gasteiger partial charge in [-0.1, -0.05) is 6.07 Å². The summed E-state index contributed by atoms with van der Waals surface area (Å²) in [4.78, 5) is 17.7. The third-order valence-corrected chi connectivity index (χ3v) is 3.51. The van der Waals surface area contributed by atoms with Crippen LogP contribution in [0.25, 0.3) is 0 Å². The van der Waals surface area contributed by atoms with Crippen LogP contribution in [0.1, 0.15) is 37.8 Å². The van der Waals surface area contributed by atoms with Crippen LogP contribution in [0, 0.1) is 0 Å². The maximum absolute atomic E-state index is 11.5. The number of aromatic nitrogens is 1. The third-order valence-electron chi connectivity index (χ3n) is 3.04. The summed E-state index contributed by atoms with van der Waals surface area (Å²) < 4.78 is 0.835. The Morgan fingerprint density at radius 3 is 2.94 bits per heavy atom. The molecule has 0 saturated carbocycles. The molecule has 0 N–H and O–H groups in total. The van der Waals surface area contributed by atoms with Gasteiger partial charge in [0, 0.05) is 19.7 Å². The Bertz CT molecular complexity index is 377. The zero-order valence-corrected chi connectivity index (χ0v) is 10.9. The molecule has 1 aromatic rings. The van der Waals surface area contributed by atoms with Gasteiger partial charge in [0.05, 0.1) is 6.04 Å². The van der Waals surface area contributed by atoms with Gasteiger partial charge in [-0.25, -0.2) is 4.98 Å². The van der Waals surface area contributed by atoms with E-state index in [1.807, 2.05) is 23.2 Å². The van der Waals surface area contributed by atoms with Gasteiger partial charge in [-0.05, 0) is 46.8 Å². The van der Waals surface area contributed by atoms with Gasteiger partial charge in [0.15, 0.2) is 0 Å². The Morgan fingerprint density at radius 2 is 2.31 bits per heavy atom. The van der Waals surface area contributed by atoms with Crippen molar-refractivity contribution in [3.8, 4) is 0 Å². The number of carbonyl (C=O) groups is 1. The Kier molecular flexibility index (Phi) is 3.59. The number of hydrogen-bond acceptors (Lipinski definition) is 2. The molecule has 1 amide bonds. The standard InChI is InChI=1S/C12H15BrN2O/c1-9(16)15-7-3-2-4-11(15)10-5-6-12(13)14-8-10/h5-6,8,11H,2-4,7H2,1H3/t11-/m1/s1. The van der Waals surface area contributed by atoms with Crippen LogP contribution in [0.2, 0.25) is 0 Å². The molecule has 2 rings (SSSR count). The largest absolute Gasteiger partial charge is 0.336 e. The molecule has 0 unspecified atom stereocenters. The quantitative estimate of drug-likeness (QED) is 0.742. The number of carbonyl (C=O) groups excluding carboxylic acids is 1. The van der Waals surface area contributed by atoms with Gasteiger partial charge in [-0.15, -0.1) is 0 Å². The molecule has 1 aliphatic heterocycles. The highest BCUT2D eigenvalue weighted by molar-refractivity contribution is 9.10. The smallest absolute Gasteiger partial charge is 0.219 e. The average Bonchev–Trinajstić information content (AvgIpc) is 2.30. The molecule has 0 spiro atoms. The van der Waals surface area contributed by atoms with Crippen LogP contribution in [-0.4, -0.2) is 22.3 Å². The summed E-state index contributed by atoms with van der Waals surface area (Å²) >= 11 is 3.32. The molecule has 86 valence electrons. The number of hydrogen-bond donors (Lipinski definition) is 0. The molecule has 4 heteroatoms. The molecule has 1 aliphatic rings. The highest BCUT2D eigenvalue weighted by atomic mass is 79.9. The van der Waals surface area contributed by atoms with Crippen molar-refractivity contribution in [2.24, 2.45) is 0 Å². The van der Waals surface area contributed by atoms with Gasteiger partial charge in [0.2, 0.25) is 5.91 Å². The van der Waals surface area contributed by atoms with Gasteiger partial charge in [0.1, 0.15) is 4.60 Å². The summed E-state index contributed by atoms with van der Waals surface area (Å²) in [6.45, 7) is 2.51. The van der Waals surface area contributed by atoms with Crippen LogP contribution in [-0.2, 0) is 4.79 Å². The summed E-state index contributed by atoms with van der Waals surface area (Å²) in [5, 5.41) is 0. The molecule has 0 radical (unpaired) electrons. The minimum Gasteiger partial charge on any atom is -0.336 e. The molecule has 2 heterocycles. The van der Waals surface area contributed by atoms with E-state index in [1.54, 1.807) is 6.92 Å². The predicted molar refractivity (Wildman–Crippen MR) is 65.9 cm³/mol.